The van der Waals surface area contributed by atoms with Gasteiger partial charge in [0.05, 0.1) is 11.0 Å². The fourth-order valence-corrected chi connectivity index (χ4v) is 4.06. The highest BCUT2D eigenvalue weighted by atomic mass is 16.2. The van der Waals surface area contributed by atoms with Crippen molar-refractivity contribution in [2.45, 2.75) is 65.1 Å². The lowest BCUT2D eigenvalue weighted by Gasteiger charge is -2.32. The average molecular weight is 373 g/mol. The summed E-state index contributed by atoms with van der Waals surface area (Å²) in [4.78, 5) is 27.7. The monoisotopic (exact) mass is 372 g/mol. The van der Waals surface area contributed by atoms with Crippen LogP contribution in [0.3, 0.4) is 0 Å². The highest BCUT2D eigenvalue weighted by Crippen LogP contribution is 2.14. The van der Waals surface area contributed by atoms with Crippen LogP contribution in [0.2, 0.25) is 0 Å². The number of aromatic nitrogens is 2. The van der Waals surface area contributed by atoms with Crippen LogP contribution >= 0.6 is 0 Å². The van der Waals surface area contributed by atoms with Gasteiger partial charge in [-0.1, -0.05) is 26.0 Å². The van der Waals surface area contributed by atoms with Crippen molar-refractivity contribution in [3.05, 3.63) is 34.7 Å². The second kappa shape index (κ2) is 9.22. The lowest BCUT2D eigenvalue weighted by Crippen LogP contribution is -2.45. The molecule has 0 atom stereocenters. The van der Waals surface area contributed by atoms with Crippen LogP contribution in [-0.4, -0.2) is 45.6 Å². The Morgan fingerprint density at radius 2 is 1.59 bits per heavy atom. The van der Waals surface area contributed by atoms with Gasteiger partial charge >= 0.3 is 5.69 Å². The van der Waals surface area contributed by atoms with Gasteiger partial charge in [0.2, 0.25) is 5.91 Å². The fourth-order valence-electron chi connectivity index (χ4n) is 4.06. The first-order valence-corrected chi connectivity index (χ1v) is 10.3. The largest absolute Gasteiger partial charge is 0.353 e. The predicted octanol–water partition coefficient (Wildman–Crippen LogP) is 2.59. The third kappa shape index (κ3) is 4.61. The second-order valence-corrected chi connectivity index (χ2v) is 7.51. The number of nitrogens with one attached hydrogen (secondary N) is 1. The van der Waals surface area contributed by atoms with Gasteiger partial charge in [-0.3, -0.25) is 13.9 Å². The molecular formula is C21H32N4O2. The summed E-state index contributed by atoms with van der Waals surface area (Å²) in [5.41, 5.74) is 1.85. The lowest BCUT2D eigenvalue weighted by molar-refractivity contribution is -0.122. The first-order valence-electron chi connectivity index (χ1n) is 10.3. The van der Waals surface area contributed by atoms with Gasteiger partial charge in [0.25, 0.3) is 0 Å². The van der Waals surface area contributed by atoms with Crippen LogP contribution in [0.4, 0.5) is 0 Å². The van der Waals surface area contributed by atoms with Gasteiger partial charge in [0, 0.05) is 38.6 Å². The number of hydrogen-bond donors (Lipinski definition) is 1. The number of benzene rings is 1. The quantitative estimate of drug-likeness (QED) is 0.775. The summed E-state index contributed by atoms with van der Waals surface area (Å²) < 4.78 is 3.56. The van der Waals surface area contributed by atoms with Crippen LogP contribution in [0, 0.1) is 0 Å². The highest BCUT2D eigenvalue weighted by Gasteiger charge is 2.20. The van der Waals surface area contributed by atoms with Crippen molar-refractivity contribution in [3.63, 3.8) is 0 Å². The molecule has 0 unspecified atom stereocenters. The number of rotatable bonds is 8. The summed E-state index contributed by atoms with van der Waals surface area (Å²) in [6.45, 7) is 8.66. The van der Waals surface area contributed by atoms with Crippen LogP contribution in [0.5, 0.6) is 0 Å². The Bertz CT molecular complexity index is 815. The van der Waals surface area contributed by atoms with Gasteiger partial charge in [-0.05, 0) is 44.4 Å². The molecule has 0 bridgehead atoms. The van der Waals surface area contributed by atoms with Crippen molar-refractivity contribution < 1.29 is 4.79 Å². The van der Waals surface area contributed by atoms with Crippen molar-refractivity contribution in [1.82, 2.24) is 19.4 Å². The van der Waals surface area contributed by atoms with E-state index in [1.165, 1.54) is 6.42 Å². The molecule has 2 heterocycles. The van der Waals surface area contributed by atoms with E-state index in [1.807, 2.05) is 28.8 Å². The maximum absolute atomic E-state index is 12.8. The molecule has 6 heteroatoms. The van der Waals surface area contributed by atoms with Crippen molar-refractivity contribution in [2.75, 3.05) is 19.6 Å². The smallest absolute Gasteiger partial charge is 0.329 e. The number of para-hydroxylation sites is 2. The van der Waals surface area contributed by atoms with E-state index in [0.29, 0.717) is 19.5 Å². The molecular weight excluding hydrogens is 340 g/mol. The van der Waals surface area contributed by atoms with Crippen LogP contribution in [0.15, 0.2) is 29.1 Å². The molecule has 0 saturated carbocycles. The number of hydrogen-bond acceptors (Lipinski definition) is 3. The normalized spacial score (nSPS) is 16.1. The van der Waals surface area contributed by atoms with E-state index in [-0.39, 0.29) is 17.6 Å². The summed E-state index contributed by atoms with van der Waals surface area (Å²) >= 11 is 0. The summed E-state index contributed by atoms with van der Waals surface area (Å²) in [6.07, 6.45) is 4.46. The Morgan fingerprint density at radius 3 is 2.19 bits per heavy atom. The molecule has 27 heavy (non-hydrogen) atoms. The predicted molar refractivity (Wildman–Crippen MR) is 109 cm³/mol. The Hall–Kier alpha value is -2.08. The van der Waals surface area contributed by atoms with Crippen molar-refractivity contribution >= 4 is 16.9 Å². The molecule has 2 aromatic rings. The third-order valence-corrected chi connectivity index (χ3v) is 5.43. The number of carbonyl (C=O) groups excluding carboxylic acids is 1. The Kier molecular flexibility index (Phi) is 6.72. The molecule has 148 valence electrons. The Morgan fingerprint density at radius 1 is 1.00 bits per heavy atom. The third-order valence-electron chi connectivity index (χ3n) is 5.43. The number of carbonyl (C=O) groups is 1. The van der Waals surface area contributed by atoms with Gasteiger partial charge in [-0.2, -0.15) is 0 Å². The molecule has 1 saturated heterocycles. The lowest BCUT2D eigenvalue weighted by atomic mass is 10.0. The van der Waals surface area contributed by atoms with Crippen LogP contribution in [0.1, 0.15) is 46.0 Å². The molecule has 1 aliphatic rings. The number of fused-ring (bicyclic) bond motifs is 1. The highest BCUT2D eigenvalue weighted by molar-refractivity contribution is 5.78. The van der Waals surface area contributed by atoms with Gasteiger partial charge in [-0.25, -0.2) is 4.79 Å². The van der Waals surface area contributed by atoms with E-state index in [1.54, 1.807) is 4.57 Å². The van der Waals surface area contributed by atoms with Crippen LogP contribution in [0.25, 0.3) is 11.0 Å². The SMILES string of the molecule is CCCN1CCC(NC(=O)CCn2c(=O)n(CCC)c3ccccc32)CC1. The van der Waals surface area contributed by atoms with E-state index >= 15 is 0 Å². The molecule has 1 N–H and O–H groups in total. The molecule has 0 aliphatic carbocycles. The van der Waals surface area contributed by atoms with Crippen molar-refractivity contribution in [2.24, 2.45) is 0 Å². The summed E-state index contributed by atoms with van der Waals surface area (Å²) in [5.74, 6) is 0.0446. The van der Waals surface area contributed by atoms with E-state index in [0.717, 1.165) is 49.9 Å². The summed E-state index contributed by atoms with van der Waals surface area (Å²) in [5, 5.41) is 3.16. The molecule has 1 aromatic heterocycles. The van der Waals surface area contributed by atoms with Crippen molar-refractivity contribution in [3.8, 4) is 0 Å². The minimum atomic E-state index is -0.0151. The molecule has 3 rings (SSSR count). The molecule has 0 spiro atoms. The molecule has 6 nitrogen and oxygen atoms in total. The van der Waals surface area contributed by atoms with E-state index in [9.17, 15) is 9.59 Å². The molecule has 1 amide bonds. The Balaban J connectivity index is 1.60. The van der Waals surface area contributed by atoms with Gasteiger partial charge in [0.1, 0.15) is 0 Å². The van der Waals surface area contributed by atoms with E-state index < -0.39 is 0 Å². The van der Waals surface area contributed by atoms with Gasteiger partial charge < -0.3 is 10.2 Å². The number of likely N-dealkylation sites (tertiary alicyclic amines) is 1. The minimum Gasteiger partial charge on any atom is -0.353 e. The topological polar surface area (TPSA) is 59.3 Å². The number of imidazole rings is 1. The second-order valence-electron chi connectivity index (χ2n) is 7.51. The number of nitrogens with zero attached hydrogens (tertiary/aromatic N) is 3. The zero-order valence-corrected chi connectivity index (χ0v) is 16.6. The zero-order chi connectivity index (χ0) is 19.2. The van der Waals surface area contributed by atoms with Crippen molar-refractivity contribution in [1.29, 1.82) is 0 Å². The first kappa shape index (κ1) is 19.7. The maximum atomic E-state index is 12.8. The molecule has 1 fully saturated rings. The van der Waals surface area contributed by atoms with Gasteiger partial charge in [-0.15, -0.1) is 0 Å². The first-order chi connectivity index (χ1) is 13.1. The molecule has 1 aliphatic heterocycles. The standard InChI is InChI=1S/C21H32N4O2/c1-3-12-23-14-9-17(10-15-23)22-20(26)11-16-25-19-8-6-5-7-18(19)24(13-4-2)21(25)27/h5-8,17H,3-4,9-16H2,1-2H3,(H,22,26). The minimum absolute atomic E-state index is 0.0151. The number of amides is 1. The Labute approximate surface area is 161 Å². The zero-order valence-electron chi connectivity index (χ0n) is 16.6. The summed E-state index contributed by atoms with van der Waals surface area (Å²) in [7, 11) is 0. The van der Waals surface area contributed by atoms with Crippen LogP contribution in [-0.2, 0) is 17.9 Å². The average Bonchev–Trinajstić information content (AvgIpc) is 2.94. The molecule has 1 aromatic carbocycles. The number of piperidine rings is 1. The van der Waals surface area contributed by atoms with Gasteiger partial charge in [0.15, 0.2) is 0 Å². The summed E-state index contributed by atoms with van der Waals surface area (Å²) in [6, 6.07) is 8.11. The number of aryl methyl sites for hydroxylation is 2. The maximum Gasteiger partial charge on any atom is 0.329 e. The van der Waals surface area contributed by atoms with Crippen LogP contribution < -0.4 is 11.0 Å². The molecule has 0 radical (unpaired) electrons. The van der Waals surface area contributed by atoms with E-state index in [4.69, 9.17) is 0 Å². The van der Waals surface area contributed by atoms with E-state index in [2.05, 4.69) is 24.1 Å². The fraction of sp³-hybridized carbons (Fsp3) is 0.619.